The highest BCUT2D eigenvalue weighted by Crippen LogP contribution is 2.17. The van der Waals surface area contributed by atoms with E-state index in [1.54, 1.807) is 0 Å². The molecule has 1 atom stereocenters. The molecule has 1 unspecified atom stereocenters. The van der Waals surface area contributed by atoms with Crippen LogP contribution < -0.4 is 10.5 Å². The van der Waals surface area contributed by atoms with Crippen LogP contribution in [-0.4, -0.2) is 44.4 Å². The largest absolute Gasteiger partial charge is 0.492 e. The summed E-state index contributed by atoms with van der Waals surface area (Å²) in [6, 6.07) is 8.06. The molecule has 100 valence electrons. The molecule has 1 aromatic carbocycles. The van der Waals surface area contributed by atoms with Gasteiger partial charge >= 0.3 is 0 Å². The number of nitrogens with two attached hydrogens (primary N) is 1. The molecule has 0 aliphatic carbocycles. The maximum Gasteiger partial charge on any atom is 0.119 e. The van der Waals surface area contributed by atoms with E-state index in [9.17, 15) is 0 Å². The van der Waals surface area contributed by atoms with Crippen molar-refractivity contribution in [2.45, 2.75) is 13.0 Å². The van der Waals surface area contributed by atoms with Gasteiger partial charge in [-0.3, -0.25) is 4.90 Å². The van der Waals surface area contributed by atoms with Crippen LogP contribution in [0.15, 0.2) is 24.3 Å². The molecule has 1 aromatic rings. The molecule has 18 heavy (non-hydrogen) atoms. The van der Waals surface area contributed by atoms with Gasteiger partial charge in [-0.2, -0.15) is 0 Å². The van der Waals surface area contributed by atoms with E-state index in [0.717, 1.165) is 44.2 Å². The topological polar surface area (TPSA) is 47.7 Å². The lowest BCUT2D eigenvalue weighted by Crippen LogP contribution is -2.38. The van der Waals surface area contributed by atoms with Crippen molar-refractivity contribution in [1.82, 2.24) is 4.90 Å². The van der Waals surface area contributed by atoms with Crippen molar-refractivity contribution >= 4 is 0 Å². The zero-order valence-corrected chi connectivity index (χ0v) is 11.0. The Balaban J connectivity index is 1.77. The molecule has 2 N–H and O–H groups in total. The van der Waals surface area contributed by atoms with Gasteiger partial charge in [-0.05, 0) is 24.6 Å². The fourth-order valence-electron chi connectivity index (χ4n) is 2.00. The van der Waals surface area contributed by atoms with Crippen LogP contribution in [0.3, 0.4) is 0 Å². The van der Waals surface area contributed by atoms with Crippen LogP contribution in [0.2, 0.25) is 0 Å². The zero-order chi connectivity index (χ0) is 12.8. The second kappa shape index (κ2) is 6.73. The first-order chi connectivity index (χ1) is 8.75. The summed E-state index contributed by atoms with van der Waals surface area (Å²) >= 11 is 0. The second-order valence-electron chi connectivity index (χ2n) is 4.66. The van der Waals surface area contributed by atoms with E-state index < -0.39 is 0 Å². The van der Waals surface area contributed by atoms with Gasteiger partial charge in [0.25, 0.3) is 0 Å². The van der Waals surface area contributed by atoms with Crippen LogP contribution in [0.4, 0.5) is 0 Å². The van der Waals surface area contributed by atoms with Crippen LogP contribution in [-0.2, 0) is 4.74 Å². The van der Waals surface area contributed by atoms with Gasteiger partial charge in [0.05, 0.1) is 13.2 Å². The van der Waals surface area contributed by atoms with Gasteiger partial charge in [0, 0.05) is 25.7 Å². The van der Waals surface area contributed by atoms with Gasteiger partial charge in [0.15, 0.2) is 0 Å². The first-order valence-corrected chi connectivity index (χ1v) is 6.54. The quantitative estimate of drug-likeness (QED) is 0.858. The van der Waals surface area contributed by atoms with Crippen LogP contribution in [0, 0.1) is 0 Å². The highest BCUT2D eigenvalue weighted by Gasteiger charge is 2.09. The fourth-order valence-corrected chi connectivity index (χ4v) is 2.00. The Bertz CT molecular complexity index is 363. The van der Waals surface area contributed by atoms with E-state index in [2.05, 4.69) is 4.90 Å². The van der Waals surface area contributed by atoms with Gasteiger partial charge in [-0.15, -0.1) is 0 Å². The number of ether oxygens (including phenoxy) is 2. The van der Waals surface area contributed by atoms with E-state index in [-0.39, 0.29) is 6.04 Å². The minimum atomic E-state index is 0.0489. The van der Waals surface area contributed by atoms with Gasteiger partial charge in [-0.1, -0.05) is 12.1 Å². The second-order valence-corrected chi connectivity index (χ2v) is 4.66. The number of hydrogen-bond donors (Lipinski definition) is 1. The molecule has 0 bridgehead atoms. The van der Waals surface area contributed by atoms with Gasteiger partial charge < -0.3 is 15.2 Å². The highest BCUT2D eigenvalue weighted by atomic mass is 16.5. The summed E-state index contributed by atoms with van der Waals surface area (Å²) in [6.07, 6.45) is 0. The third-order valence-corrected chi connectivity index (χ3v) is 3.16. The molecule has 2 rings (SSSR count). The molecule has 1 aliphatic heterocycles. The molecule has 0 radical (unpaired) electrons. The lowest BCUT2D eigenvalue weighted by Gasteiger charge is -2.26. The maximum atomic E-state index is 5.85. The summed E-state index contributed by atoms with van der Waals surface area (Å²) in [5.41, 5.74) is 6.96. The van der Waals surface area contributed by atoms with Crippen molar-refractivity contribution in [1.29, 1.82) is 0 Å². The molecule has 1 saturated heterocycles. The predicted molar refractivity (Wildman–Crippen MR) is 71.8 cm³/mol. The van der Waals surface area contributed by atoms with Crippen LogP contribution in [0.25, 0.3) is 0 Å². The maximum absolute atomic E-state index is 5.85. The summed E-state index contributed by atoms with van der Waals surface area (Å²) in [5.74, 6) is 0.901. The molecule has 4 nitrogen and oxygen atoms in total. The molecule has 1 aliphatic rings. The third kappa shape index (κ3) is 3.98. The Kier molecular flexibility index (Phi) is 4.99. The Morgan fingerprint density at radius 2 is 2.17 bits per heavy atom. The normalized spacial score (nSPS) is 18.6. The summed E-state index contributed by atoms with van der Waals surface area (Å²) < 4.78 is 11.1. The SMILES string of the molecule is CC(N)c1cccc(OCCN2CCOCC2)c1. The number of nitrogens with zero attached hydrogens (tertiary/aromatic N) is 1. The number of benzene rings is 1. The minimum Gasteiger partial charge on any atom is -0.492 e. The van der Waals surface area contributed by atoms with Crippen molar-refractivity contribution in [2.24, 2.45) is 5.73 Å². The van der Waals surface area contributed by atoms with E-state index in [1.165, 1.54) is 0 Å². The molecule has 0 spiro atoms. The summed E-state index contributed by atoms with van der Waals surface area (Å²) in [5, 5.41) is 0. The number of morpholine rings is 1. The molecule has 1 heterocycles. The zero-order valence-electron chi connectivity index (χ0n) is 11.0. The molecule has 1 fully saturated rings. The average Bonchev–Trinajstić information content (AvgIpc) is 2.40. The summed E-state index contributed by atoms with van der Waals surface area (Å²) in [4.78, 5) is 2.36. The van der Waals surface area contributed by atoms with Crippen molar-refractivity contribution in [3.63, 3.8) is 0 Å². The number of hydrogen-bond acceptors (Lipinski definition) is 4. The van der Waals surface area contributed by atoms with E-state index in [0.29, 0.717) is 6.61 Å². The van der Waals surface area contributed by atoms with Gasteiger partial charge in [0.1, 0.15) is 12.4 Å². The lowest BCUT2D eigenvalue weighted by atomic mass is 10.1. The predicted octanol–water partition coefficient (Wildman–Crippen LogP) is 1.42. The highest BCUT2D eigenvalue weighted by molar-refractivity contribution is 5.30. The standard InChI is InChI=1S/C14H22N2O2/c1-12(15)13-3-2-4-14(11-13)18-10-7-16-5-8-17-9-6-16/h2-4,11-12H,5-10,15H2,1H3. The minimum absolute atomic E-state index is 0.0489. The van der Waals surface area contributed by atoms with Crippen molar-refractivity contribution in [3.8, 4) is 5.75 Å². The monoisotopic (exact) mass is 250 g/mol. The van der Waals surface area contributed by atoms with E-state index in [1.807, 2.05) is 31.2 Å². The van der Waals surface area contributed by atoms with Crippen LogP contribution >= 0.6 is 0 Å². The molecular weight excluding hydrogens is 228 g/mol. The van der Waals surface area contributed by atoms with Crippen LogP contribution in [0.5, 0.6) is 5.75 Å². The fraction of sp³-hybridized carbons (Fsp3) is 0.571. The molecule has 4 heteroatoms. The smallest absolute Gasteiger partial charge is 0.119 e. The number of rotatable bonds is 5. The summed E-state index contributed by atoms with van der Waals surface area (Å²) in [7, 11) is 0. The first-order valence-electron chi connectivity index (χ1n) is 6.54. The van der Waals surface area contributed by atoms with Gasteiger partial charge in [0.2, 0.25) is 0 Å². The molecule has 0 saturated carbocycles. The third-order valence-electron chi connectivity index (χ3n) is 3.16. The first kappa shape index (κ1) is 13.3. The van der Waals surface area contributed by atoms with Crippen molar-refractivity contribution < 1.29 is 9.47 Å². The van der Waals surface area contributed by atoms with E-state index in [4.69, 9.17) is 15.2 Å². The van der Waals surface area contributed by atoms with Gasteiger partial charge in [-0.25, -0.2) is 0 Å². The van der Waals surface area contributed by atoms with Crippen molar-refractivity contribution in [2.75, 3.05) is 39.5 Å². The van der Waals surface area contributed by atoms with Crippen molar-refractivity contribution in [3.05, 3.63) is 29.8 Å². The Hall–Kier alpha value is -1.10. The summed E-state index contributed by atoms with van der Waals surface area (Å²) in [6.45, 7) is 7.31. The Morgan fingerprint density at radius 1 is 1.39 bits per heavy atom. The lowest BCUT2D eigenvalue weighted by molar-refractivity contribution is 0.0322. The van der Waals surface area contributed by atoms with Crippen LogP contribution in [0.1, 0.15) is 18.5 Å². The van der Waals surface area contributed by atoms with E-state index >= 15 is 0 Å². The Labute approximate surface area is 109 Å². The molecular formula is C14H22N2O2. The molecule has 0 amide bonds. The molecule has 0 aromatic heterocycles. The average molecular weight is 250 g/mol. The Morgan fingerprint density at radius 3 is 2.89 bits per heavy atom.